The van der Waals surface area contributed by atoms with E-state index >= 15 is 0 Å². The van der Waals surface area contributed by atoms with Crippen LogP contribution in [-0.4, -0.2) is 15.7 Å². The van der Waals surface area contributed by atoms with Crippen molar-refractivity contribution in [1.82, 2.24) is 15.2 Å². The van der Waals surface area contributed by atoms with Gasteiger partial charge in [0.15, 0.2) is 5.69 Å². The molecule has 2 aromatic rings. The first-order valence-electron chi connectivity index (χ1n) is 7.63. The average molecular weight is 354 g/mol. The highest BCUT2D eigenvalue weighted by atomic mass is 19.4. The Bertz CT molecular complexity index is 802. The number of benzene rings is 1. The summed E-state index contributed by atoms with van der Waals surface area (Å²) < 4.78 is 39.9. The monoisotopic (exact) mass is 354 g/mol. The summed E-state index contributed by atoms with van der Waals surface area (Å²) in [5.74, 6) is -0.748. The Balaban J connectivity index is 2.13. The van der Waals surface area contributed by atoms with Gasteiger partial charge in [0.2, 0.25) is 0 Å². The van der Waals surface area contributed by atoms with Crippen LogP contribution in [-0.2, 0) is 12.7 Å². The molecular weight excluding hydrogens is 337 g/mol. The number of rotatable bonds is 6. The van der Waals surface area contributed by atoms with E-state index in [4.69, 9.17) is 0 Å². The van der Waals surface area contributed by atoms with E-state index in [1.807, 2.05) is 6.92 Å². The Morgan fingerprint density at radius 3 is 2.60 bits per heavy atom. The second-order valence-corrected chi connectivity index (χ2v) is 5.26. The van der Waals surface area contributed by atoms with Gasteiger partial charge in [-0.15, -0.1) is 0 Å². The number of para-hydroxylation sites is 1. The Labute approximate surface area is 141 Å². The first-order chi connectivity index (χ1) is 11.8. The van der Waals surface area contributed by atoms with E-state index in [9.17, 15) is 22.8 Å². The maximum Gasteiger partial charge on any atom is 0.418 e. The molecule has 0 aliphatic carbocycles. The van der Waals surface area contributed by atoms with E-state index in [-0.39, 0.29) is 16.9 Å². The molecule has 0 unspecified atom stereocenters. The molecule has 0 saturated heterocycles. The van der Waals surface area contributed by atoms with Crippen LogP contribution in [0.3, 0.4) is 0 Å². The maximum absolute atomic E-state index is 12.9. The molecule has 0 radical (unpaired) electrons. The topological polar surface area (TPSA) is 76.0 Å². The number of aryl methyl sites for hydroxylation is 1. The number of aromatic nitrogens is 2. The third kappa shape index (κ3) is 4.82. The van der Waals surface area contributed by atoms with E-state index in [2.05, 4.69) is 16.0 Å². The largest absolute Gasteiger partial charge is 0.418 e. The molecule has 0 saturated carbocycles. The number of anilines is 1. The van der Waals surface area contributed by atoms with Crippen LogP contribution in [0.5, 0.6) is 0 Å². The number of hydrazine groups is 1. The predicted octanol–water partition coefficient (Wildman–Crippen LogP) is 2.82. The van der Waals surface area contributed by atoms with E-state index < -0.39 is 17.6 Å². The number of halogens is 3. The summed E-state index contributed by atoms with van der Waals surface area (Å²) in [6.45, 7) is 2.31. The minimum Gasteiger partial charge on any atom is -0.298 e. The molecule has 9 heteroatoms. The predicted molar refractivity (Wildman–Crippen MR) is 85.9 cm³/mol. The van der Waals surface area contributed by atoms with Crippen molar-refractivity contribution in [3.8, 4) is 0 Å². The number of alkyl halides is 3. The van der Waals surface area contributed by atoms with Crippen molar-refractivity contribution in [3.63, 3.8) is 0 Å². The van der Waals surface area contributed by atoms with Crippen LogP contribution in [0.4, 0.5) is 18.9 Å². The van der Waals surface area contributed by atoms with Crippen LogP contribution in [0.1, 0.15) is 35.8 Å². The highest BCUT2D eigenvalue weighted by Crippen LogP contribution is 2.34. The minimum absolute atomic E-state index is 0.0762. The van der Waals surface area contributed by atoms with Crippen molar-refractivity contribution in [2.24, 2.45) is 0 Å². The van der Waals surface area contributed by atoms with Gasteiger partial charge in [-0.2, -0.15) is 18.3 Å². The summed E-state index contributed by atoms with van der Waals surface area (Å²) in [6, 6.07) is 7.17. The molecule has 2 N–H and O–H groups in total. The Morgan fingerprint density at radius 1 is 1.20 bits per heavy atom. The van der Waals surface area contributed by atoms with Crippen molar-refractivity contribution in [3.05, 3.63) is 58.0 Å². The first-order valence-corrected chi connectivity index (χ1v) is 7.63. The zero-order valence-corrected chi connectivity index (χ0v) is 13.4. The normalized spacial score (nSPS) is 11.2. The molecule has 25 heavy (non-hydrogen) atoms. The van der Waals surface area contributed by atoms with Crippen LogP contribution in [0.15, 0.2) is 41.2 Å². The van der Waals surface area contributed by atoms with Gasteiger partial charge in [-0.1, -0.05) is 25.5 Å². The molecular formula is C16H17F3N4O2. The lowest BCUT2D eigenvalue weighted by molar-refractivity contribution is -0.137. The molecule has 0 spiro atoms. The lowest BCUT2D eigenvalue weighted by atomic mass is 10.2. The molecule has 1 aromatic heterocycles. The highest BCUT2D eigenvalue weighted by Gasteiger charge is 2.33. The first kappa shape index (κ1) is 18.5. The third-order valence-electron chi connectivity index (χ3n) is 3.37. The number of unbranched alkanes of at least 4 members (excludes halogenated alkanes) is 1. The lowest BCUT2D eigenvalue weighted by Gasteiger charge is -2.15. The molecule has 0 fully saturated rings. The van der Waals surface area contributed by atoms with Crippen molar-refractivity contribution in [1.29, 1.82) is 0 Å². The van der Waals surface area contributed by atoms with Gasteiger partial charge in [-0.3, -0.25) is 20.4 Å². The van der Waals surface area contributed by atoms with Crippen LogP contribution >= 0.6 is 0 Å². The second-order valence-electron chi connectivity index (χ2n) is 5.26. The standard InChI is InChI=1S/C16H17F3N4O2/c1-2-3-10-23-14(24)9-8-13(22-23)15(25)21-20-12-7-5-4-6-11(12)16(17,18)19/h4-9,20H,2-3,10H2,1H3,(H,21,25). The summed E-state index contributed by atoms with van der Waals surface area (Å²) >= 11 is 0. The fraction of sp³-hybridized carbons (Fsp3) is 0.312. The molecule has 1 amide bonds. The minimum atomic E-state index is -4.56. The summed E-state index contributed by atoms with van der Waals surface area (Å²) in [5, 5.41) is 3.92. The van der Waals surface area contributed by atoms with Crippen molar-refractivity contribution in [2.75, 3.05) is 5.43 Å². The van der Waals surface area contributed by atoms with E-state index in [1.165, 1.54) is 30.3 Å². The SMILES string of the molecule is CCCCn1nc(C(=O)NNc2ccccc2C(F)(F)F)ccc1=O. The quantitative estimate of drug-likeness (QED) is 0.782. The number of hydrogen-bond donors (Lipinski definition) is 2. The zero-order chi connectivity index (χ0) is 18.4. The fourth-order valence-electron chi connectivity index (χ4n) is 2.07. The van der Waals surface area contributed by atoms with Crippen molar-refractivity contribution >= 4 is 11.6 Å². The molecule has 134 valence electrons. The Kier molecular flexibility index (Phi) is 5.79. The molecule has 0 atom stereocenters. The number of carbonyl (C=O) groups is 1. The van der Waals surface area contributed by atoms with Crippen LogP contribution in [0.2, 0.25) is 0 Å². The Hall–Kier alpha value is -2.84. The molecule has 0 aliphatic rings. The van der Waals surface area contributed by atoms with Gasteiger partial charge in [-0.25, -0.2) is 4.68 Å². The average Bonchev–Trinajstić information content (AvgIpc) is 2.58. The van der Waals surface area contributed by atoms with Gasteiger partial charge >= 0.3 is 6.18 Å². The summed E-state index contributed by atoms with van der Waals surface area (Å²) in [7, 11) is 0. The molecule has 0 aliphatic heterocycles. The van der Waals surface area contributed by atoms with E-state index in [0.29, 0.717) is 6.54 Å². The third-order valence-corrected chi connectivity index (χ3v) is 3.37. The number of hydrogen-bond acceptors (Lipinski definition) is 4. The molecule has 6 nitrogen and oxygen atoms in total. The van der Waals surface area contributed by atoms with Gasteiger partial charge < -0.3 is 0 Å². The smallest absolute Gasteiger partial charge is 0.298 e. The molecule has 1 heterocycles. The summed E-state index contributed by atoms with van der Waals surface area (Å²) in [4.78, 5) is 23.7. The fourth-order valence-corrected chi connectivity index (χ4v) is 2.07. The van der Waals surface area contributed by atoms with Crippen LogP contribution in [0, 0.1) is 0 Å². The van der Waals surface area contributed by atoms with Gasteiger partial charge in [0.1, 0.15) is 0 Å². The van der Waals surface area contributed by atoms with Crippen molar-refractivity contribution in [2.45, 2.75) is 32.5 Å². The second kappa shape index (κ2) is 7.82. The molecule has 1 aromatic carbocycles. The number of carbonyl (C=O) groups excluding carboxylic acids is 1. The lowest BCUT2D eigenvalue weighted by Crippen LogP contribution is -2.33. The number of nitrogens with one attached hydrogen (secondary N) is 2. The van der Waals surface area contributed by atoms with Crippen molar-refractivity contribution < 1.29 is 18.0 Å². The maximum atomic E-state index is 12.9. The molecule has 2 rings (SSSR count). The highest BCUT2D eigenvalue weighted by molar-refractivity contribution is 5.92. The van der Waals surface area contributed by atoms with Gasteiger partial charge in [0.05, 0.1) is 11.3 Å². The van der Waals surface area contributed by atoms with E-state index in [1.54, 1.807) is 0 Å². The summed E-state index contributed by atoms with van der Waals surface area (Å²) in [5.41, 5.74) is 2.79. The zero-order valence-electron chi connectivity index (χ0n) is 13.4. The number of amides is 1. The van der Waals surface area contributed by atoms with Crippen LogP contribution in [0.25, 0.3) is 0 Å². The summed E-state index contributed by atoms with van der Waals surface area (Å²) in [6.07, 6.45) is -2.99. The number of nitrogens with zero attached hydrogens (tertiary/aromatic N) is 2. The van der Waals surface area contributed by atoms with Gasteiger partial charge in [0, 0.05) is 12.6 Å². The molecule has 0 bridgehead atoms. The van der Waals surface area contributed by atoms with E-state index in [0.717, 1.165) is 23.6 Å². The van der Waals surface area contributed by atoms with Gasteiger partial charge in [0.25, 0.3) is 11.5 Å². The van der Waals surface area contributed by atoms with Gasteiger partial charge in [-0.05, 0) is 24.6 Å². The Morgan fingerprint density at radius 2 is 1.92 bits per heavy atom. The van der Waals surface area contributed by atoms with Crippen LogP contribution < -0.4 is 16.4 Å².